The average molecular weight is 518 g/mol. The normalized spacial score (nSPS) is 20.7. The second-order valence-electron chi connectivity index (χ2n) is 8.30. The summed E-state index contributed by atoms with van der Waals surface area (Å²) in [5.74, 6) is 0.637. The molecule has 3 rings (SSSR count). The van der Waals surface area contributed by atoms with Gasteiger partial charge in [-0.1, -0.05) is 31.4 Å². The maximum absolute atomic E-state index is 13.1. The summed E-state index contributed by atoms with van der Waals surface area (Å²) in [6.45, 7) is 6.25. The van der Waals surface area contributed by atoms with Gasteiger partial charge in [-0.3, -0.25) is 9.89 Å². The van der Waals surface area contributed by atoms with Crippen LogP contribution in [0.1, 0.15) is 57.4 Å². The zero-order valence-corrected chi connectivity index (χ0v) is 19.8. The molecule has 0 unspecified atom stereocenters. The molecule has 3 N–H and O–H groups in total. The maximum atomic E-state index is 13.1. The lowest BCUT2D eigenvalue weighted by molar-refractivity contribution is 0.0131. The van der Waals surface area contributed by atoms with Crippen LogP contribution in [0, 0.1) is 5.82 Å². The van der Waals surface area contributed by atoms with Crippen LogP contribution in [0.4, 0.5) is 4.39 Å². The molecule has 29 heavy (non-hydrogen) atoms. The van der Waals surface area contributed by atoms with Crippen molar-refractivity contribution in [2.24, 2.45) is 4.99 Å². The summed E-state index contributed by atoms with van der Waals surface area (Å²) in [5.41, 5.74) is 0.530. The van der Waals surface area contributed by atoms with Crippen LogP contribution in [0.25, 0.3) is 0 Å². The van der Waals surface area contributed by atoms with Gasteiger partial charge >= 0.3 is 0 Å². The number of likely N-dealkylation sites (tertiary alicyclic amines) is 1. The van der Waals surface area contributed by atoms with E-state index in [1.807, 2.05) is 12.1 Å². The van der Waals surface area contributed by atoms with Crippen molar-refractivity contribution in [3.8, 4) is 0 Å². The van der Waals surface area contributed by atoms with Crippen LogP contribution < -0.4 is 10.6 Å². The molecule has 0 atom stereocenters. The molecule has 0 bridgehead atoms. The molecule has 1 aromatic rings. The lowest BCUT2D eigenvalue weighted by atomic mass is 9.85. The van der Waals surface area contributed by atoms with Crippen molar-refractivity contribution in [1.29, 1.82) is 0 Å². The molecule has 2 fully saturated rings. The maximum Gasteiger partial charge on any atom is 0.191 e. The van der Waals surface area contributed by atoms with Crippen LogP contribution >= 0.6 is 24.0 Å². The molecule has 1 aliphatic heterocycles. The molecule has 0 amide bonds. The van der Waals surface area contributed by atoms with E-state index in [-0.39, 0.29) is 29.8 Å². The van der Waals surface area contributed by atoms with Crippen molar-refractivity contribution < 1.29 is 9.50 Å². The van der Waals surface area contributed by atoms with Crippen molar-refractivity contribution in [2.45, 2.75) is 70.1 Å². The topological polar surface area (TPSA) is 59.9 Å². The Morgan fingerprint density at radius 3 is 2.45 bits per heavy atom. The number of hydrogen-bond donors (Lipinski definition) is 3. The monoisotopic (exact) mass is 518 g/mol. The number of hydrogen-bond acceptors (Lipinski definition) is 3. The van der Waals surface area contributed by atoms with Crippen molar-refractivity contribution in [3.05, 3.63) is 35.6 Å². The third-order valence-corrected chi connectivity index (χ3v) is 5.91. The van der Waals surface area contributed by atoms with E-state index in [0.717, 1.165) is 76.2 Å². The highest BCUT2D eigenvalue weighted by molar-refractivity contribution is 14.0. The lowest BCUT2D eigenvalue weighted by Gasteiger charge is -2.34. The van der Waals surface area contributed by atoms with Crippen LogP contribution in [0.3, 0.4) is 0 Å². The summed E-state index contributed by atoms with van der Waals surface area (Å²) in [4.78, 5) is 7.11. The Hall–Kier alpha value is -0.930. The first-order valence-electron chi connectivity index (χ1n) is 10.8. The smallest absolute Gasteiger partial charge is 0.191 e. The van der Waals surface area contributed by atoms with Gasteiger partial charge in [-0.05, 0) is 50.3 Å². The number of nitrogens with zero attached hydrogens (tertiary/aromatic N) is 2. The standard InChI is InChI=1S/C22H35FN4O.HI/c1-2-24-21(25-17-22(28)12-4-3-5-13-22)26-20-10-14-27(15-11-20)16-18-6-8-19(23)9-7-18;/h6-9,20,28H,2-5,10-17H2,1H3,(H2,24,25,26);1H. The summed E-state index contributed by atoms with van der Waals surface area (Å²) in [7, 11) is 0. The van der Waals surface area contributed by atoms with Crippen LogP contribution in [-0.2, 0) is 6.54 Å². The van der Waals surface area contributed by atoms with E-state index in [1.54, 1.807) is 0 Å². The minimum absolute atomic E-state index is 0. The van der Waals surface area contributed by atoms with E-state index in [1.165, 1.54) is 18.6 Å². The van der Waals surface area contributed by atoms with Crippen molar-refractivity contribution in [1.82, 2.24) is 15.5 Å². The van der Waals surface area contributed by atoms with Crippen LogP contribution in [-0.4, -0.2) is 53.8 Å². The fourth-order valence-electron chi connectivity index (χ4n) is 4.19. The van der Waals surface area contributed by atoms with E-state index >= 15 is 0 Å². The average Bonchev–Trinajstić information content (AvgIpc) is 2.70. The lowest BCUT2D eigenvalue weighted by Crippen LogP contribution is -2.49. The van der Waals surface area contributed by atoms with Gasteiger partial charge in [0.05, 0.1) is 12.1 Å². The van der Waals surface area contributed by atoms with Crippen LogP contribution in [0.2, 0.25) is 0 Å². The number of piperidine rings is 1. The van der Waals surface area contributed by atoms with Gasteiger partial charge in [0.15, 0.2) is 5.96 Å². The summed E-state index contributed by atoms with van der Waals surface area (Å²) in [5, 5.41) is 17.6. The number of nitrogens with one attached hydrogen (secondary N) is 2. The Labute approximate surface area is 191 Å². The summed E-state index contributed by atoms with van der Waals surface area (Å²) < 4.78 is 13.1. The highest BCUT2D eigenvalue weighted by Gasteiger charge is 2.29. The first-order valence-corrected chi connectivity index (χ1v) is 10.8. The van der Waals surface area contributed by atoms with Gasteiger partial charge in [0, 0.05) is 32.2 Å². The van der Waals surface area contributed by atoms with Gasteiger partial charge in [-0.15, -0.1) is 24.0 Å². The number of halogens is 2. The number of benzene rings is 1. The van der Waals surface area contributed by atoms with Crippen molar-refractivity contribution in [2.75, 3.05) is 26.2 Å². The Balaban J connectivity index is 0.00000300. The summed E-state index contributed by atoms with van der Waals surface area (Å²) in [6, 6.07) is 7.19. The molecular formula is C22H36FIN4O. The van der Waals surface area contributed by atoms with Gasteiger partial charge in [0.2, 0.25) is 0 Å². The number of guanidine groups is 1. The zero-order chi connectivity index (χ0) is 19.8. The highest BCUT2D eigenvalue weighted by atomic mass is 127. The predicted molar refractivity (Wildman–Crippen MR) is 127 cm³/mol. The first kappa shape index (κ1) is 24.3. The third kappa shape index (κ3) is 8.02. The second kappa shape index (κ2) is 12.1. The van der Waals surface area contributed by atoms with E-state index in [2.05, 4.69) is 22.5 Å². The van der Waals surface area contributed by atoms with Gasteiger partial charge in [-0.2, -0.15) is 0 Å². The summed E-state index contributed by atoms with van der Waals surface area (Å²) >= 11 is 0. The molecular weight excluding hydrogens is 482 g/mol. The van der Waals surface area contributed by atoms with Crippen LogP contribution in [0.5, 0.6) is 0 Å². The SMILES string of the molecule is CCNC(=NCC1(O)CCCCC1)NC1CCN(Cc2ccc(F)cc2)CC1.I. The minimum Gasteiger partial charge on any atom is -0.388 e. The molecule has 5 nitrogen and oxygen atoms in total. The van der Waals surface area contributed by atoms with Gasteiger partial charge < -0.3 is 15.7 Å². The molecule has 7 heteroatoms. The number of aliphatic imine (C=N–C) groups is 1. The third-order valence-electron chi connectivity index (χ3n) is 5.91. The highest BCUT2D eigenvalue weighted by Crippen LogP contribution is 2.28. The van der Waals surface area contributed by atoms with Gasteiger partial charge in [-0.25, -0.2) is 4.39 Å². The Kier molecular flexibility index (Phi) is 10.1. The molecule has 1 saturated carbocycles. The molecule has 1 aromatic carbocycles. The van der Waals surface area contributed by atoms with Crippen LogP contribution in [0.15, 0.2) is 29.3 Å². The molecule has 2 aliphatic rings. The molecule has 1 heterocycles. The second-order valence-corrected chi connectivity index (χ2v) is 8.30. The van der Waals surface area contributed by atoms with Crippen molar-refractivity contribution in [3.63, 3.8) is 0 Å². The Bertz CT molecular complexity index is 626. The fourth-order valence-corrected chi connectivity index (χ4v) is 4.19. The quantitative estimate of drug-likeness (QED) is 0.306. The Morgan fingerprint density at radius 2 is 1.83 bits per heavy atom. The Morgan fingerprint density at radius 1 is 1.17 bits per heavy atom. The fraction of sp³-hybridized carbons (Fsp3) is 0.682. The zero-order valence-electron chi connectivity index (χ0n) is 17.5. The van der Waals surface area contributed by atoms with Crippen molar-refractivity contribution >= 4 is 29.9 Å². The summed E-state index contributed by atoms with van der Waals surface area (Å²) in [6.07, 6.45) is 7.24. The molecule has 0 spiro atoms. The number of rotatable bonds is 6. The molecule has 0 radical (unpaired) electrons. The van der Waals surface area contributed by atoms with E-state index in [9.17, 15) is 9.50 Å². The van der Waals surface area contributed by atoms with Gasteiger partial charge in [0.1, 0.15) is 5.82 Å². The van der Waals surface area contributed by atoms with E-state index in [0.29, 0.717) is 12.6 Å². The number of aliphatic hydroxyl groups is 1. The molecule has 1 aliphatic carbocycles. The van der Waals surface area contributed by atoms with Gasteiger partial charge in [0.25, 0.3) is 0 Å². The first-order chi connectivity index (χ1) is 13.6. The largest absolute Gasteiger partial charge is 0.388 e. The minimum atomic E-state index is -0.626. The predicted octanol–water partition coefficient (Wildman–Crippen LogP) is 3.66. The van der Waals surface area contributed by atoms with E-state index in [4.69, 9.17) is 4.99 Å². The van der Waals surface area contributed by atoms with E-state index < -0.39 is 5.60 Å². The molecule has 164 valence electrons. The molecule has 0 aromatic heterocycles. The molecule has 1 saturated heterocycles.